The van der Waals surface area contributed by atoms with Crippen LogP contribution in [0.25, 0.3) is 0 Å². The normalized spacial score (nSPS) is 19.4. The summed E-state index contributed by atoms with van der Waals surface area (Å²) in [6.45, 7) is 0.899. The quantitative estimate of drug-likeness (QED) is 0.653. The molecule has 134 valence electrons. The van der Waals surface area contributed by atoms with Gasteiger partial charge < -0.3 is 24.8 Å². The average molecular weight is 347 g/mol. The molecule has 1 amide bonds. The van der Waals surface area contributed by atoms with Gasteiger partial charge in [-0.25, -0.2) is 4.98 Å². The number of amides is 1. The molecule has 1 saturated carbocycles. The molecule has 3 rings (SSSR count). The highest BCUT2D eigenvalue weighted by Gasteiger charge is 2.35. The van der Waals surface area contributed by atoms with Gasteiger partial charge in [-0.1, -0.05) is 0 Å². The largest absolute Gasteiger partial charge is 0.505 e. The van der Waals surface area contributed by atoms with Crippen LogP contribution in [0.2, 0.25) is 0 Å². The van der Waals surface area contributed by atoms with Gasteiger partial charge in [-0.2, -0.15) is 0 Å². The maximum absolute atomic E-state index is 12.2. The van der Waals surface area contributed by atoms with Crippen LogP contribution >= 0.6 is 0 Å². The van der Waals surface area contributed by atoms with E-state index in [2.05, 4.69) is 20.5 Å². The maximum atomic E-state index is 12.2. The SMILES string of the molecule is COCCn1c(CO)nnc1C1CC(NC(=O)c2ncccc2O)C1. The van der Waals surface area contributed by atoms with Crippen LogP contribution in [0.15, 0.2) is 18.3 Å². The van der Waals surface area contributed by atoms with E-state index in [0.717, 1.165) is 18.7 Å². The molecule has 1 fully saturated rings. The first kappa shape index (κ1) is 17.3. The summed E-state index contributed by atoms with van der Waals surface area (Å²) in [4.78, 5) is 16.1. The zero-order valence-electron chi connectivity index (χ0n) is 13.9. The second-order valence-electron chi connectivity index (χ2n) is 5.99. The van der Waals surface area contributed by atoms with Crippen LogP contribution in [-0.4, -0.2) is 55.6 Å². The molecular formula is C16H21N5O4. The van der Waals surface area contributed by atoms with E-state index in [-0.39, 0.29) is 30.0 Å². The Balaban J connectivity index is 1.60. The van der Waals surface area contributed by atoms with E-state index in [1.807, 2.05) is 4.57 Å². The lowest BCUT2D eigenvalue weighted by molar-refractivity contribution is 0.0898. The molecule has 0 radical (unpaired) electrons. The number of hydrogen-bond acceptors (Lipinski definition) is 7. The van der Waals surface area contributed by atoms with Crippen molar-refractivity contribution in [1.82, 2.24) is 25.1 Å². The van der Waals surface area contributed by atoms with Gasteiger partial charge in [0.2, 0.25) is 0 Å². The van der Waals surface area contributed by atoms with Crippen molar-refractivity contribution in [3.05, 3.63) is 35.7 Å². The topological polar surface area (TPSA) is 122 Å². The molecule has 3 N–H and O–H groups in total. The van der Waals surface area contributed by atoms with E-state index in [9.17, 15) is 15.0 Å². The number of ether oxygens (including phenoxy) is 1. The van der Waals surface area contributed by atoms with Gasteiger partial charge in [-0.15, -0.1) is 10.2 Å². The van der Waals surface area contributed by atoms with Crippen LogP contribution in [0, 0.1) is 0 Å². The molecule has 0 spiro atoms. The molecule has 2 aromatic heterocycles. The van der Waals surface area contributed by atoms with Crippen molar-refractivity contribution in [2.75, 3.05) is 13.7 Å². The number of nitrogens with zero attached hydrogens (tertiary/aromatic N) is 4. The summed E-state index contributed by atoms with van der Waals surface area (Å²) < 4.78 is 6.96. The number of nitrogens with one attached hydrogen (secondary N) is 1. The molecule has 1 aliphatic carbocycles. The summed E-state index contributed by atoms with van der Waals surface area (Å²) >= 11 is 0. The molecule has 0 aliphatic heterocycles. The maximum Gasteiger partial charge on any atom is 0.273 e. The van der Waals surface area contributed by atoms with Crippen molar-refractivity contribution >= 4 is 5.91 Å². The third kappa shape index (κ3) is 3.62. The standard InChI is InChI=1S/C16H21N5O4/c1-25-6-5-21-13(9-22)19-20-15(21)10-7-11(8-10)18-16(24)14-12(23)3-2-4-17-14/h2-4,10-11,22-23H,5-9H2,1H3,(H,18,24). The highest BCUT2D eigenvalue weighted by Crippen LogP contribution is 2.36. The Kier molecular flexibility index (Phi) is 5.25. The van der Waals surface area contributed by atoms with Gasteiger partial charge in [0.15, 0.2) is 11.5 Å². The Morgan fingerprint density at radius 1 is 1.44 bits per heavy atom. The lowest BCUT2D eigenvalue weighted by atomic mass is 9.79. The zero-order valence-corrected chi connectivity index (χ0v) is 13.9. The summed E-state index contributed by atoms with van der Waals surface area (Å²) in [5, 5.41) is 30.1. The number of carbonyl (C=O) groups excluding carboxylic acids is 1. The molecule has 0 atom stereocenters. The number of hydrogen-bond donors (Lipinski definition) is 3. The number of carbonyl (C=O) groups is 1. The van der Waals surface area contributed by atoms with E-state index in [1.165, 1.54) is 12.3 Å². The first-order valence-corrected chi connectivity index (χ1v) is 8.10. The number of aliphatic hydroxyl groups excluding tert-OH is 1. The van der Waals surface area contributed by atoms with Crippen molar-refractivity contribution in [2.45, 2.75) is 38.0 Å². The lowest BCUT2D eigenvalue weighted by Gasteiger charge is -2.35. The highest BCUT2D eigenvalue weighted by atomic mass is 16.5. The summed E-state index contributed by atoms with van der Waals surface area (Å²) in [6, 6.07) is 2.99. The predicted molar refractivity (Wildman–Crippen MR) is 87.0 cm³/mol. The average Bonchev–Trinajstić information content (AvgIpc) is 2.98. The molecule has 0 aromatic carbocycles. The minimum Gasteiger partial charge on any atom is -0.505 e. The first-order valence-electron chi connectivity index (χ1n) is 8.10. The number of pyridine rings is 1. The molecule has 0 bridgehead atoms. The third-order valence-electron chi connectivity index (χ3n) is 4.36. The van der Waals surface area contributed by atoms with Crippen molar-refractivity contribution in [1.29, 1.82) is 0 Å². The summed E-state index contributed by atoms with van der Waals surface area (Å²) in [6.07, 6.45) is 2.90. The smallest absolute Gasteiger partial charge is 0.273 e. The Hall–Kier alpha value is -2.52. The Morgan fingerprint density at radius 3 is 2.92 bits per heavy atom. The Bertz CT molecular complexity index is 742. The van der Waals surface area contributed by atoms with Gasteiger partial charge in [-0.3, -0.25) is 4.79 Å². The summed E-state index contributed by atoms with van der Waals surface area (Å²) in [7, 11) is 1.62. The van der Waals surface area contributed by atoms with Crippen molar-refractivity contribution in [3.63, 3.8) is 0 Å². The van der Waals surface area contributed by atoms with Crippen LogP contribution < -0.4 is 5.32 Å². The Labute approximate surface area is 144 Å². The summed E-state index contributed by atoms with van der Waals surface area (Å²) in [5.41, 5.74) is 0.0248. The van der Waals surface area contributed by atoms with E-state index < -0.39 is 5.91 Å². The number of rotatable bonds is 7. The van der Waals surface area contributed by atoms with Gasteiger partial charge >= 0.3 is 0 Å². The van der Waals surface area contributed by atoms with Crippen LogP contribution in [0.3, 0.4) is 0 Å². The molecular weight excluding hydrogens is 326 g/mol. The third-order valence-corrected chi connectivity index (χ3v) is 4.36. The lowest BCUT2D eigenvalue weighted by Crippen LogP contribution is -2.44. The highest BCUT2D eigenvalue weighted by molar-refractivity contribution is 5.94. The van der Waals surface area contributed by atoms with Crippen LogP contribution in [0.5, 0.6) is 5.75 Å². The predicted octanol–water partition coefficient (Wildman–Crippen LogP) is 0.193. The van der Waals surface area contributed by atoms with Gasteiger partial charge in [0, 0.05) is 31.8 Å². The minimum absolute atomic E-state index is 0.0101. The van der Waals surface area contributed by atoms with Gasteiger partial charge in [0.05, 0.1) is 6.61 Å². The fourth-order valence-corrected chi connectivity index (χ4v) is 2.97. The second kappa shape index (κ2) is 7.58. The fraction of sp³-hybridized carbons (Fsp3) is 0.500. The van der Waals surface area contributed by atoms with Crippen molar-refractivity contribution in [2.24, 2.45) is 0 Å². The number of aliphatic hydroxyl groups is 1. The Morgan fingerprint density at radius 2 is 2.24 bits per heavy atom. The van der Waals surface area contributed by atoms with Gasteiger partial charge in [0.25, 0.3) is 5.91 Å². The molecule has 0 saturated heterocycles. The molecule has 1 aliphatic rings. The number of aromatic hydroxyl groups is 1. The molecule has 9 nitrogen and oxygen atoms in total. The number of aromatic nitrogens is 4. The molecule has 2 aromatic rings. The zero-order chi connectivity index (χ0) is 17.8. The molecule has 2 heterocycles. The van der Waals surface area contributed by atoms with E-state index >= 15 is 0 Å². The van der Waals surface area contributed by atoms with E-state index in [1.54, 1.807) is 13.2 Å². The second-order valence-corrected chi connectivity index (χ2v) is 5.99. The van der Waals surface area contributed by atoms with Gasteiger partial charge in [-0.05, 0) is 25.0 Å². The first-order chi connectivity index (χ1) is 12.1. The molecule has 9 heteroatoms. The van der Waals surface area contributed by atoms with E-state index in [0.29, 0.717) is 19.0 Å². The van der Waals surface area contributed by atoms with Crippen molar-refractivity contribution < 1.29 is 19.7 Å². The molecule has 25 heavy (non-hydrogen) atoms. The van der Waals surface area contributed by atoms with Crippen LogP contribution in [0.4, 0.5) is 0 Å². The fourth-order valence-electron chi connectivity index (χ4n) is 2.97. The summed E-state index contributed by atoms with van der Waals surface area (Å²) in [5.74, 6) is 0.943. The monoisotopic (exact) mass is 347 g/mol. The molecule has 0 unspecified atom stereocenters. The van der Waals surface area contributed by atoms with Gasteiger partial charge in [0.1, 0.15) is 18.2 Å². The minimum atomic E-state index is -0.390. The van der Waals surface area contributed by atoms with E-state index in [4.69, 9.17) is 4.74 Å². The van der Waals surface area contributed by atoms with Crippen LogP contribution in [0.1, 0.15) is 40.9 Å². The van der Waals surface area contributed by atoms with Crippen molar-refractivity contribution in [3.8, 4) is 5.75 Å². The van der Waals surface area contributed by atoms with Crippen LogP contribution in [-0.2, 0) is 17.9 Å². The number of methoxy groups -OCH3 is 1.